The van der Waals surface area contributed by atoms with Gasteiger partial charge in [0.25, 0.3) is 0 Å². The molecule has 130 valence electrons. The molecule has 0 aliphatic heterocycles. The minimum Gasteiger partial charge on any atom is -0.490 e. The summed E-state index contributed by atoms with van der Waals surface area (Å²) in [6, 6.07) is 13.7. The van der Waals surface area contributed by atoms with Gasteiger partial charge in [0, 0.05) is 30.2 Å². The lowest BCUT2D eigenvalue weighted by atomic mass is 10.2. The number of ether oxygens (including phenoxy) is 2. The lowest BCUT2D eigenvalue weighted by molar-refractivity contribution is 0.319. The molecule has 0 spiro atoms. The summed E-state index contributed by atoms with van der Waals surface area (Å²) in [7, 11) is 0. The fourth-order valence-electron chi connectivity index (χ4n) is 2.40. The Hall–Kier alpha value is -2.37. The average molecular weight is 354 g/mol. The topological polar surface area (TPSA) is 43.4 Å². The predicted molar refractivity (Wildman–Crippen MR) is 102 cm³/mol. The first-order chi connectivity index (χ1) is 12.3. The standard InChI is InChI=1S/C20H22N2O2S/c1-3-23-17-6-4-5-7-18(17)24-20-9-8-16(13-22-20)12-21-14-19-15(2)10-11-25-19/h4-11,13,21H,3,12,14H2,1-2H3. The molecule has 5 heteroatoms. The van der Waals surface area contributed by atoms with E-state index in [4.69, 9.17) is 9.47 Å². The number of hydrogen-bond acceptors (Lipinski definition) is 5. The third kappa shape index (κ3) is 4.81. The molecule has 2 aromatic heterocycles. The summed E-state index contributed by atoms with van der Waals surface area (Å²) in [5, 5.41) is 5.57. The first kappa shape index (κ1) is 17.5. The van der Waals surface area contributed by atoms with Crippen LogP contribution in [0.5, 0.6) is 17.4 Å². The Balaban J connectivity index is 1.56. The van der Waals surface area contributed by atoms with Crippen LogP contribution in [0.25, 0.3) is 0 Å². The zero-order valence-electron chi connectivity index (χ0n) is 14.5. The molecule has 0 radical (unpaired) electrons. The molecule has 0 saturated carbocycles. The Morgan fingerprint density at radius 2 is 1.88 bits per heavy atom. The normalized spacial score (nSPS) is 10.6. The van der Waals surface area contributed by atoms with Crippen molar-refractivity contribution in [2.75, 3.05) is 6.61 Å². The molecule has 0 aliphatic carbocycles. The number of rotatable bonds is 8. The average Bonchev–Trinajstić information content (AvgIpc) is 3.03. The van der Waals surface area contributed by atoms with Gasteiger partial charge >= 0.3 is 0 Å². The van der Waals surface area contributed by atoms with E-state index in [1.165, 1.54) is 10.4 Å². The molecule has 3 rings (SSSR count). The van der Waals surface area contributed by atoms with E-state index in [1.54, 1.807) is 11.3 Å². The molecule has 3 aromatic rings. The van der Waals surface area contributed by atoms with Gasteiger partial charge in [-0.05, 0) is 48.6 Å². The summed E-state index contributed by atoms with van der Waals surface area (Å²) >= 11 is 1.78. The van der Waals surface area contributed by atoms with Crippen LogP contribution >= 0.6 is 11.3 Å². The van der Waals surface area contributed by atoms with E-state index in [1.807, 2.05) is 49.5 Å². The third-order valence-electron chi connectivity index (χ3n) is 3.74. The SMILES string of the molecule is CCOc1ccccc1Oc1ccc(CNCc2sccc2C)cn1. The highest BCUT2D eigenvalue weighted by Gasteiger charge is 2.06. The molecule has 1 N–H and O–H groups in total. The van der Waals surface area contributed by atoms with Gasteiger partial charge in [0.2, 0.25) is 5.88 Å². The van der Waals surface area contributed by atoms with E-state index in [0.29, 0.717) is 18.2 Å². The van der Waals surface area contributed by atoms with Crippen molar-refractivity contribution in [1.29, 1.82) is 0 Å². The van der Waals surface area contributed by atoms with Crippen molar-refractivity contribution in [2.45, 2.75) is 26.9 Å². The first-order valence-electron chi connectivity index (χ1n) is 8.34. The van der Waals surface area contributed by atoms with Crippen LogP contribution in [-0.4, -0.2) is 11.6 Å². The van der Waals surface area contributed by atoms with Crippen molar-refractivity contribution >= 4 is 11.3 Å². The van der Waals surface area contributed by atoms with Gasteiger partial charge in [0.05, 0.1) is 6.61 Å². The molecule has 2 heterocycles. The van der Waals surface area contributed by atoms with E-state index in [0.717, 1.165) is 24.4 Å². The lowest BCUT2D eigenvalue weighted by Crippen LogP contribution is -2.12. The van der Waals surface area contributed by atoms with Crippen LogP contribution in [0.4, 0.5) is 0 Å². The molecule has 25 heavy (non-hydrogen) atoms. The van der Waals surface area contributed by atoms with Crippen LogP contribution in [0, 0.1) is 6.92 Å². The Morgan fingerprint density at radius 1 is 1.04 bits per heavy atom. The van der Waals surface area contributed by atoms with Crippen molar-refractivity contribution < 1.29 is 9.47 Å². The number of benzene rings is 1. The van der Waals surface area contributed by atoms with Gasteiger partial charge in [-0.1, -0.05) is 18.2 Å². The predicted octanol–water partition coefficient (Wildman–Crippen LogP) is 4.93. The molecule has 0 unspecified atom stereocenters. The second-order valence-electron chi connectivity index (χ2n) is 5.62. The number of aromatic nitrogens is 1. The van der Waals surface area contributed by atoms with Crippen molar-refractivity contribution in [3.63, 3.8) is 0 Å². The molecule has 4 nitrogen and oxygen atoms in total. The Morgan fingerprint density at radius 3 is 2.56 bits per heavy atom. The maximum absolute atomic E-state index is 5.84. The molecule has 0 bridgehead atoms. The van der Waals surface area contributed by atoms with Gasteiger partial charge in [-0.2, -0.15) is 0 Å². The Bertz CT molecular complexity index is 799. The molecule has 0 fully saturated rings. The van der Waals surface area contributed by atoms with E-state index >= 15 is 0 Å². The van der Waals surface area contributed by atoms with Crippen LogP contribution in [0.15, 0.2) is 54.0 Å². The minimum absolute atomic E-state index is 0.560. The number of nitrogens with zero attached hydrogens (tertiary/aromatic N) is 1. The van der Waals surface area contributed by atoms with Crippen molar-refractivity contribution in [3.05, 3.63) is 70.0 Å². The maximum atomic E-state index is 5.84. The highest BCUT2D eigenvalue weighted by molar-refractivity contribution is 7.10. The van der Waals surface area contributed by atoms with Gasteiger partial charge in [0.1, 0.15) is 0 Å². The smallest absolute Gasteiger partial charge is 0.219 e. The van der Waals surface area contributed by atoms with Crippen LogP contribution < -0.4 is 14.8 Å². The second-order valence-corrected chi connectivity index (χ2v) is 6.62. The van der Waals surface area contributed by atoms with E-state index in [-0.39, 0.29) is 0 Å². The number of aryl methyl sites for hydroxylation is 1. The summed E-state index contributed by atoms with van der Waals surface area (Å²) in [5.41, 5.74) is 2.46. The minimum atomic E-state index is 0.560. The summed E-state index contributed by atoms with van der Waals surface area (Å²) < 4.78 is 11.4. The number of thiophene rings is 1. The molecular weight excluding hydrogens is 332 g/mol. The number of hydrogen-bond donors (Lipinski definition) is 1. The highest BCUT2D eigenvalue weighted by Crippen LogP contribution is 2.30. The molecule has 0 amide bonds. The van der Waals surface area contributed by atoms with Crippen molar-refractivity contribution in [2.24, 2.45) is 0 Å². The Kier molecular flexibility index (Phi) is 6.04. The number of pyridine rings is 1. The number of para-hydroxylation sites is 2. The zero-order chi connectivity index (χ0) is 17.5. The summed E-state index contributed by atoms with van der Waals surface area (Å²) in [5.74, 6) is 1.96. The van der Waals surface area contributed by atoms with Gasteiger partial charge < -0.3 is 14.8 Å². The molecular formula is C20H22N2O2S. The Labute approximate surface area is 152 Å². The fourth-order valence-corrected chi connectivity index (χ4v) is 3.28. The lowest BCUT2D eigenvalue weighted by Gasteiger charge is -2.11. The van der Waals surface area contributed by atoms with Crippen LogP contribution in [0.3, 0.4) is 0 Å². The van der Waals surface area contributed by atoms with Crippen LogP contribution in [0.1, 0.15) is 22.9 Å². The van der Waals surface area contributed by atoms with E-state index in [2.05, 4.69) is 28.7 Å². The van der Waals surface area contributed by atoms with Gasteiger partial charge in [-0.25, -0.2) is 4.98 Å². The van der Waals surface area contributed by atoms with Gasteiger partial charge in [-0.3, -0.25) is 0 Å². The molecule has 0 saturated heterocycles. The highest BCUT2D eigenvalue weighted by atomic mass is 32.1. The monoisotopic (exact) mass is 354 g/mol. The van der Waals surface area contributed by atoms with Gasteiger partial charge in [0.15, 0.2) is 11.5 Å². The third-order valence-corrected chi connectivity index (χ3v) is 4.77. The van der Waals surface area contributed by atoms with Crippen LogP contribution in [0.2, 0.25) is 0 Å². The van der Waals surface area contributed by atoms with Gasteiger partial charge in [-0.15, -0.1) is 11.3 Å². The largest absolute Gasteiger partial charge is 0.490 e. The molecule has 0 aliphatic rings. The summed E-state index contributed by atoms with van der Waals surface area (Å²) in [6.45, 7) is 6.35. The van der Waals surface area contributed by atoms with E-state index in [9.17, 15) is 0 Å². The maximum Gasteiger partial charge on any atom is 0.219 e. The number of nitrogens with one attached hydrogen (secondary N) is 1. The summed E-state index contributed by atoms with van der Waals surface area (Å²) in [6.07, 6.45) is 1.84. The molecule has 1 aromatic carbocycles. The molecule has 0 atom stereocenters. The van der Waals surface area contributed by atoms with Crippen LogP contribution in [-0.2, 0) is 13.1 Å². The fraction of sp³-hybridized carbons (Fsp3) is 0.250. The van der Waals surface area contributed by atoms with Crippen molar-refractivity contribution in [1.82, 2.24) is 10.3 Å². The van der Waals surface area contributed by atoms with Crippen molar-refractivity contribution in [3.8, 4) is 17.4 Å². The second kappa shape index (κ2) is 8.65. The zero-order valence-corrected chi connectivity index (χ0v) is 15.3. The first-order valence-corrected chi connectivity index (χ1v) is 9.22. The summed E-state index contributed by atoms with van der Waals surface area (Å²) in [4.78, 5) is 5.77. The van der Waals surface area contributed by atoms with E-state index < -0.39 is 0 Å². The quantitative estimate of drug-likeness (QED) is 0.623.